The fourth-order valence-electron chi connectivity index (χ4n) is 1.82. The SMILES string of the molecule is Cl.Cn1c(=O)n(C)c2c(CN)cccc21. The third kappa shape index (κ3) is 1.56. The highest BCUT2D eigenvalue weighted by molar-refractivity contribution is 5.85. The fraction of sp³-hybridized carbons (Fsp3) is 0.300. The standard InChI is InChI=1S/C10H13N3O.ClH/c1-12-8-5-3-4-7(6-11)9(8)13(2)10(12)14;/h3-5H,6,11H2,1-2H3;1H. The molecule has 0 bridgehead atoms. The highest BCUT2D eigenvalue weighted by atomic mass is 35.5. The summed E-state index contributed by atoms with van der Waals surface area (Å²) in [5.41, 5.74) is 8.47. The predicted molar refractivity (Wildman–Crippen MR) is 63.3 cm³/mol. The molecule has 0 spiro atoms. The molecular formula is C10H14ClN3O. The van der Waals surface area contributed by atoms with Crippen LogP contribution in [0.2, 0.25) is 0 Å². The van der Waals surface area contributed by atoms with Gasteiger partial charge in [-0.05, 0) is 11.6 Å². The van der Waals surface area contributed by atoms with Crippen LogP contribution in [0.15, 0.2) is 23.0 Å². The lowest BCUT2D eigenvalue weighted by atomic mass is 10.2. The van der Waals surface area contributed by atoms with Gasteiger partial charge in [0.15, 0.2) is 0 Å². The van der Waals surface area contributed by atoms with Crippen molar-refractivity contribution in [2.24, 2.45) is 19.8 Å². The van der Waals surface area contributed by atoms with E-state index >= 15 is 0 Å². The number of aromatic nitrogens is 2. The molecule has 0 saturated carbocycles. The van der Waals surface area contributed by atoms with Gasteiger partial charge < -0.3 is 5.73 Å². The first-order valence-corrected chi connectivity index (χ1v) is 4.50. The van der Waals surface area contributed by atoms with Gasteiger partial charge in [0.2, 0.25) is 0 Å². The smallest absolute Gasteiger partial charge is 0.326 e. The van der Waals surface area contributed by atoms with Crippen molar-refractivity contribution < 1.29 is 0 Å². The quantitative estimate of drug-likeness (QED) is 0.782. The van der Waals surface area contributed by atoms with Gasteiger partial charge in [0.1, 0.15) is 0 Å². The number of nitrogens with zero attached hydrogens (tertiary/aromatic N) is 2. The zero-order valence-electron chi connectivity index (χ0n) is 8.73. The van der Waals surface area contributed by atoms with E-state index in [-0.39, 0.29) is 18.1 Å². The molecule has 4 nitrogen and oxygen atoms in total. The molecule has 0 fully saturated rings. The number of imidazole rings is 1. The van der Waals surface area contributed by atoms with Gasteiger partial charge in [-0.2, -0.15) is 0 Å². The molecule has 0 aliphatic carbocycles. The van der Waals surface area contributed by atoms with Crippen LogP contribution in [-0.4, -0.2) is 9.13 Å². The maximum Gasteiger partial charge on any atom is 0.328 e. The average Bonchev–Trinajstić information content (AvgIpc) is 2.44. The third-order valence-electron chi connectivity index (χ3n) is 2.59. The Bertz CT molecular complexity index is 541. The van der Waals surface area contributed by atoms with Crippen molar-refractivity contribution in [3.05, 3.63) is 34.2 Å². The summed E-state index contributed by atoms with van der Waals surface area (Å²) in [6.07, 6.45) is 0. The minimum absolute atomic E-state index is 0. The van der Waals surface area contributed by atoms with Crippen molar-refractivity contribution in [1.82, 2.24) is 9.13 Å². The van der Waals surface area contributed by atoms with Crippen LogP contribution in [-0.2, 0) is 20.6 Å². The molecule has 0 aliphatic heterocycles. The number of halogens is 1. The van der Waals surface area contributed by atoms with Gasteiger partial charge in [-0.3, -0.25) is 9.13 Å². The molecule has 0 unspecified atom stereocenters. The van der Waals surface area contributed by atoms with E-state index in [0.717, 1.165) is 16.6 Å². The van der Waals surface area contributed by atoms with Crippen molar-refractivity contribution in [1.29, 1.82) is 0 Å². The first-order valence-electron chi connectivity index (χ1n) is 4.50. The number of hydrogen-bond donors (Lipinski definition) is 1. The zero-order chi connectivity index (χ0) is 10.3. The molecule has 5 heteroatoms. The van der Waals surface area contributed by atoms with Gasteiger partial charge in [-0.25, -0.2) is 4.79 Å². The molecule has 2 N–H and O–H groups in total. The zero-order valence-corrected chi connectivity index (χ0v) is 9.54. The van der Waals surface area contributed by atoms with Crippen LogP contribution in [0.4, 0.5) is 0 Å². The van der Waals surface area contributed by atoms with Gasteiger partial charge in [0, 0.05) is 20.6 Å². The summed E-state index contributed by atoms with van der Waals surface area (Å²) in [6.45, 7) is 0.453. The summed E-state index contributed by atoms with van der Waals surface area (Å²) in [5, 5.41) is 0. The molecule has 82 valence electrons. The van der Waals surface area contributed by atoms with E-state index in [4.69, 9.17) is 5.73 Å². The molecule has 15 heavy (non-hydrogen) atoms. The molecule has 1 heterocycles. The Morgan fingerprint density at radius 1 is 1.27 bits per heavy atom. The largest absolute Gasteiger partial charge is 0.328 e. The molecule has 0 atom stereocenters. The molecule has 2 aromatic rings. The van der Waals surface area contributed by atoms with Gasteiger partial charge in [-0.1, -0.05) is 12.1 Å². The second-order valence-electron chi connectivity index (χ2n) is 3.39. The van der Waals surface area contributed by atoms with Gasteiger partial charge in [0.25, 0.3) is 0 Å². The fourth-order valence-corrected chi connectivity index (χ4v) is 1.82. The van der Waals surface area contributed by atoms with Crippen LogP contribution in [0, 0.1) is 0 Å². The summed E-state index contributed by atoms with van der Waals surface area (Å²) in [6, 6.07) is 5.79. The lowest BCUT2D eigenvalue weighted by Gasteiger charge is -2.00. The van der Waals surface area contributed by atoms with Crippen molar-refractivity contribution in [2.75, 3.05) is 0 Å². The Hall–Kier alpha value is -1.26. The number of aryl methyl sites for hydroxylation is 2. The van der Waals surface area contributed by atoms with E-state index in [1.165, 1.54) is 0 Å². The predicted octanol–water partition coefficient (Wildman–Crippen LogP) is 0.757. The summed E-state index contributed by atoms with van der Waals surface area (Å²) in [4.78, 5) is 11.6. The highest BCUT2D eigenvalue weighted by Crippen LogP contribution is 2.15. The Labute approximate surface area is 93.7 Å². The van der Waals surface area contributed by atoms with Crippen LogP contribution in [0.5, 0.6) is 0 Å². The lowest BCUT2D eigenvalue weighted by molar-refractivity contribution is 0.793. The van der Waals surface area contributed by atoms with Gasteiger partial charge in [-0.15, -0.1) is 12.4 Å². The maximum absolute atomic E-state index is 11.6. The van der Waals surface area contributed by atoms with Crippen LogP contribution in [0.25, 0.3) is 11.0 Å². The molecule has 1 aromatic heterocycles. The molecule has 2 rings (SSSR count). The number of fused-ring (bicyclic) bond motifs is 1. The van der Waals surface area contributed by atoms with E-state index in [0.29, 0.717) is 6.54 Å². The normalized spacial score (nSPS) is 10.3. The number of hydrogen-bond acceptors (Lipinski definition) is 2. The molecule has 0 aliphatic rings. The summed E-state index contributed by atoms with van der Waals surface area (Å²) >= 11 is 0. The van der Waals surface area contributed by atoms with E-state index in [9.17, 15) is 4.79 Å². The number of para-hydroxylation sites is 1. The number of nitrogens with two attached hydrogens (primary N) is 1. The van der Waals surface area contributed by atoms with Crippen LogP contribution in [0.1, 0.15) is 5.56 Å². The third-order valence-corrected chi connectivity index (χ3v) is 2.59. The monoisotopic (exact) mass is 227 g/mol. The first kappa shape index (κ1) is 11.8. The molecule has 0 amide bonds. The second kappa shape index (κ2) is 4.08. The van der Waals surface area contributed by atoms with E-state index < -0.39 is 0 Å². The lowest BCUT2D eigenvalue weighted by Crippen LogP contribution is -2.19. The Kier molecular flexibility index (Phi) is 3.21. The van der Waals surface area contributed by atoms with E-state index in [1.807, 2.05) is 18.2 Å². The molecule has 0 radical (unpaired) electrons. The topological polar surface area (TPSA) is 53.0 Å². The molecule has 0 saturated heterocycles. The number of benzene rings is 1. The van der Waals surface area contributed by atoms with Crippen LogP contribution in [0.3, 0.4) is 0 Å². The minimum atomic E-state index is -0.0131. The minimum Gasteiger partial charge on any atom is -0.326 e. The van der Waals surface area contributed by atoms with Gasteiger partial charge in [0.05, 0.1) is 11.0 Å². The van der Waals surface area contributed by atoms with E-state index in [1.54, 1.807) is 23.2 Å². The number of rotatable bonds is 1. The Morgan fingerprint density at radius 2 is 1.93 bits per heavy atom. The van der Waals surface area contributed by atoms with Crippen molar-refractivity contribution in [3.63, 3.8) is 0 Å². The van der Waals surface area contributed by atoms with Crippen molar-refractivity contribution >= 4 is 23.4 Å². The average molecular weight is 228 g/mol. The van der Waals surface area contributed by atoms with Crippen LogP contribution >= 0.6 is 12.4 Å². The summed E-state index contributed by atoms with van der Waals surface area (Å²) < 4.78 is 3.27. The highest BCUT2D eigenvalue weighted by Gasteiger charge is 2.09. The Balaban J connectivity index is 0.00000112. The second-order valence-corrected chi connectivity index (χ2v) is 3.39. The maximum atomic E-state index is 11.6. The van der Waals surface area contributed by atoms with Gasteiger partial charge >= 0.3 is 5.69 Å². The van der Waals surface area contributed by atoms with Crippen LogP contribution < -0.4 is 11.4 Å². The molecule has 1 aromatic carbocycles. The van der Waals surface area contributed by atoms with Crippen molar-refractivity contribution in [2.45, 2.75) is 6.54 Å². The summed E-state index contributed by atoms with van der Waals surface area (Å²) in [5.74, 6) is 0. The molecular weight excluding hydrogens is 214 g/mol. The van der Waals surface area contributed by atoms with E-state index in [2.05, 4.69) is 0 Å². The summed E-state index contributed by atoms with van der Waals surface area (Å²) in [7, 11) is 3.54. The van der Waals surface area contributed by atoms with Crippen molar-refractivity contribution in [3.8, 4) is 0 Å². The first-order chi connectivity index (χ1) is 6.66. The Morgan fingerprint density at radius 3 is 2.53 bits per heavy atom.